The summed E-state index contributed by atoms with van der Waals surface area (Å²) in [4.78, 5) is 0. The van der Waals surface area contributed by atoms with E-state index in [1.54, 1.807) is 0 Å². The monoisotopic (exact) mass is 296 g/mol. The number of hydrogen-bond acceptors (Lipinski definition) is 3. The number of ether oxygens (including phenoxy) is 3. The molecule has 3 aliphatic rings. The SMILES string of the molecule is CCCCC1(C)OC2(c3ccc(Cl)cc3)OCC1CO2. The molecule has 0 N–H and O–H groups in total. The van der Waals surface area contributed by atoms with Crippen molar-refractivity contribution >= 4 is 11.6 Å². The second kappa shape index (κ2) is 5.30. The highest BCUT2D eigenvalue weighted by Gasteiger charge is 2.56. The van der Waals surface area contributed by atoms with E-state index in [9.17, 15) is 0 Å². The average molecular weight is 297 g/mol. The van der Waals surface area contributed by atoms with Crippen molar-refractivity contribution in [2.75, 3.05) is 13.2 Å². The molecule has 2 bridgehead atoms. The average Bonchev–Trinajstić information content (AvgIpc) is 2.47. The molecule has 110 valence electrons. The first kappa shape index (κ1) is 14.3. The lowest BCUT2D eigenvalue weighted by atomic mass is 9.83. The van der Waals surface area contributed by atoms with Gasteiger partial charge in [0.05, 0.1) is 18.8 Å². The van der Waals surface area contributed by atoms with E-state index in [0.29, 0.717) is 24.2 Å². The van der Waals surface area contributed by atoms with E-state index in [0.717, 1.165) is 18.4 Å². The van der Waals surface area contributed by atoms with Gasteiger partial charge in [0.25, 0.3) is 0 Å². The summed E-state index contributed by atoms with van der Waals surface area (Å²) in [5.74, 6) is -0.745. The molecular weight excluding hydrogens is 276 g/mol. The van der Waals surface area contributed by atoms with E-state index < -0.39 is 5.97 Å². The van der Waals surface area contributed by atoms with Crippen molar-refractivity contribution in [1.82, 2.24) is 0 Å². The second-order valence-electron chi connectivity index (χ2n) is 5.90. The lowest BCUT2D eigenvalue weighted by molar-refractivity contribution is -0.501. The maximum absolute atomic E-state index is 6.30. The topological polar surface area (TPSA) is 27.7 Å². The molecule has 4 heteroatoms. The zero-order chi connectivity index (χ0) is 14.2. The Labute approximate surface area is 125 Å². The van der Waals surface area contributed by atoms with Gasteiger partial charge in [0.1, 0.15) is 0 Å². The van der Waals surface area contributed by atoms with E-state index in [1.807, 2.05) is 24.3 Å². The highest BCUT2D eigenvalue weighted by Crippen LogP contribution is 2.48. The van der Waals surface area contributed by atoms with E-state index in [1.165, 1.54) is 6.42 Å². The van der Waals surface area contributed by atoms with Crippen molar-refractivity contribution in [3.05, 3.63) is 34.9 Å². The van der Waals surface area contributed by atoms with Crippen LogP contribution in [-0.4, -0.2) is 18.8 Å². The standard InChI is InChI=1S/C16H21ClO3/c1-3-4-9-15(2)13-10-18-16(20-15,19-11-13)12-5-7-14(17)8-6-12/h5-8,13H,3-4,9-11H2,1-2H3. The largest absolute Gasteiger partial charge is 0.323 e. The highest BCUT2D eigenvalue weighted by molar-refractivity contribution is 6.30. The molecule has 3 heterocycles. The summed E-state index contributed by atoms with van der Waals surface area (Å²) in [5, 5.41) is 0.698. The summed E-state index contributed by atoms with van der Waals surface area (Å²) in [6.07, 6.45) is 3.36. The fourth-order valence-corrected chi connectivity index (χ4v) is 3.10. The minimum absolute atomic E-state index is 0.174. The first-order chi connectivity index (χ1) is 9.58. The molecule has 0 aliphatic carbocycles. The fraction of sp³-hybridized carbons (Fsp3) is 0.625. The van der Waals surface area contributed by atoms with Gasteiger partial charge in [-0.05, 0) is 37.6 Å². The Morgan fingerprint density at radius 1 is 1.20 bits per heavy atom. The van der Waals surface area contributed by atoms with Gasteiger partial charge < -0.3 is 14.2 Å². The van der Waals surface area contributed by atoms with Crippen LogP contribution in [-0.2, 0) is 20.2 Å². The molecule has 1 atom stereocenters. The zero-order valence-electron chi connectivity index (χ0n) is 12.0. The Kier molecular flexibility index (Phi) is 3.80. The smallest absolute Gasteiger partial charge is 0.312 e. The van der Waals surface area contributed by atoms with Gasteiger partial charge in [-0.1, -0.05) is 31.4 Å². The summed E-state index contributed by atoms with van der Waals surface area (Å²) in [5.41, 5.74) is 0.703. The minimum Gasteiger partial charge on any atom is -0.323 e. The van der Waals surface area contributed by atoms with Crippen molar-refractivity contribution in [3.8, 4) is 0 Å². The lowest BCUT2D eigenvalue weighted by Gasteiger charge is -2.55. The first-order valence-corrected chi connectivity index (χ1v) is 7.70. The van der Waals surface area contributed by atoms with Gasteiger partial charge in [-0.2, -0.15) is 0 Å². The quantitative estimate of drug-likeness (QED) is 0.837. The molecule has 1 unspecified atom stereocenters. The van der Waals surface area contributed by atoms with Crippen molar-refractivity contribution in [2.24, 2.45) is 5.92 Å². The van der Waals surface area contributed by atoms with Crippen molar-refractivity contribution in [3.63, 3.8) is 0 Å². The van der Waals surface area contributed by atoms with E-state index in [-0.39, 0.29) is 5.60 Å². The number of unbranched alkanes of at least 4 members (excludes halogenated alkanes) is 1. The zero-order valence-corrected chi connectivity index (χ0v) is 12.8. The summed E-state index contributed by atoms with van der Waals surface area (Å²) >= 11 is 5.95. The van der Waals surface area contributed by atoms with Crippen LogP contribution in [0, 0.1) is 5.92 Å². The van der Waals surface area contributed by atoms with Crippen LogP contribution in [0.15, 0.2) is 24.3 Å². The maximum Gasteiger partial charge on any atom is 0.312 e. The van der Waals surface area contributed by atoms with Crippen LogP contribution < -0.4 is 0 Å². The number of halogens is 1. The number of rotatable bonds is 4. The summed E-state index contributed by atoms with van der Waals surface area (Å²) in [7, 11) is 0. The van der Waals surface area contributed by atoms with E-state index in [2.05, 4.69) is 13.8 Å². The van der Waals surface area contributed by atoms with Crippen LogP contribution in [0.2, 0.25) is 5.02 Å². The minimum atomic E-state index is -1.05. The van der Waals surface area contributed by atoms with Gasteiger partial charge >= 0.3 is 5.97 Å². The van der Waals surface area contributed by atoms with Crippen molar-refractivity contribution in [1.29, 1.82) is 0 Å². The first-order valence-electron chi connectivity index (χ1n) is 7.32. The van der Waals surface area contributed by atoms with Gasteiger partial charge in [-0.15, -0.1) is 0 Å². The van der Waals surface area contributed by atoms with Crippen molar-refractivity contribution in [2.45, 2.75) is 44.7 Å². The molecule has 3 fully saturated rings. The van der Waals surface area contributed by atoms with Gasteiger partial charge in [-0.25, -0.2) is 0 Å². The van der Waals surface area contributed by atoms with Crippen LogP contribution >= 0.6 is 11.6 Å². The Morgan fingerprint density at radius 3 is 2.45 bits per heavy atom. The number of hydrogen-bond donors (Lipinski definition) is 0. The Bertz CT molecular complexity index is 465. The van der Waals surface area contributed by atoms with Gasteiger partial charge in [0, 0.05) is 16.5 Å². The Balaban J connectivity index is 1.87. The van der Waals surface area contributed by atoms with Crippen molar-refractivity contribution < 1.29 is 14.2 Å². The van der Waals surface area contributed by atoms with Gasteiger partial charge in [0.15, 0.2) is 0 Å². The molecule has 3 nitrogen and oxygen atoms in total. The molecule has 1 aromatic rings. The molecule has 0 radical (unpaired) electrons. The predicted molar refractivity (Wildman–Crippen MR) is 77.5 cm³/mol. The molecule has 1 aromatic carbocycles. The highest BCUT2D eigenvalue weighted by atomic mass is 35.5. The summed E-state index contributed by atoms with van der Waals surface area (Å²) in [6.45, 7) is 5.75. The Hall–Kier alpha value is -0.610. The molecule has 20 heavy (non-hydrogen) atoms. The third kappa shape index (κ3) is 2.37. The molecule has 0 spiro atoms. The molecule has 0 aromatic heterocycles. The van der Waals surface area contributed by atoms with Gasteiger partial charge in [-0.3, -0.25) is 0 Å². The Morgan fingerprint density at radius 2 is 1.85 bits per heavy atom. The summed E-state index contributed by atoms with van der Waals surface area (Å²) < 4.78 is 18.1. The van der Waals surface area contributed by atoms with E-state index in [4.69, 9.17) is 25.8 Å². The van der Waals surface area contributed by atoms with Crippen LogP contribution in [0.5, 0.6) is 0 Å². The predicted octanol–water partition coefficient (Wildman–Crippen LogP) is 4.09. The second-order valence-corrected chi connectivity index (χ2v) is 6.34. The molecule has 4 rings (SSSR count). The third-order valence-corrected chi connectivity index (χ3v) is 4.66. The van der Waals surface area contributed by atoms with Crippen LogP contribution in [0.3, 0.4) is 0 Å². The maximum atomic E-state index is 6.30. The number of fused-ring (bicyclic) bond motifs is 3. The molecule has 0 amide bonds. The normalized spacial score (nSPS) is 36.2. The van der Waals surface area contributed by atoms with Gasteiger partial charge in [0.2, 0.25) is 0 Å². The molecular formula is C16H21ClO3. The summed E-state index contributed by atoms with van der Waals surface area (Å²) in [6, 6.07) is 7.50. The van der Waals surface area contributed by atoms with Crippen LogP contribution in [0.1, 0.15) is 38.7 Å². The fourth-order valence-electron chi connectivity index (χ4n) is 2.97. The number of benzene rings is 1. The van der Waals surface area contributed by atoms with E-state index >= 15 is 0 Å². The molecule has 0 saturated carbocycles. The third-order valence-electron chi connectivity index (χ3n) is 4.40. The van der Waals surface area contributed by atoms with Crippen LogP contribution in [0.4, 0.5) is 0 Å². The van der Waals surface area contributed by atoms with Crippen LogP contribution in [0.25, 0.3) is 0 Å². The molecule has 3 saturated heterocycles. The molecule has 3 aliphatic heterocycles. The lowest BCUT2D eigenvalue weighted by Crippen LogP contribution is -2.62.